The molecule has 0 fully saturated rings. The first-order chi connectivity index (χ1) is 9.63. The molecule has 3 nitrogen and oxygen atoms in total. The highest BCUT2D eigenvalue weighted by Crippen LogP contribution is 2.25. The van der Waals surface area contributed by atoms with Gasteiger partial charge in [-0.3, -0.25) is 4.79 Å². The van der Waals surface area contributed by atoms with Gasteiger partial charge in [0.05, 0.1) is 5.56 Å². The molecule has 0 unspecified atom stereocenters. The van der Waals surface area contributed by atoms with E-state index in [2.05, 4.69) is 6.07 Å². The Kier molecular flexibility index (Phi) is 4.17. The summed E-state index contributed by atoms with van der Waals surface area (Å²) in [6.07, 6.45) is 0. The number of nitrogens with zero attached hydrogens (tertiary/aromatic N) is 1. The third-order valence-corrected chi connectivity index (χ3v) is 3.16. The van der Waals surface area contributed by atoms with Crippen molar-refractivity contribution in [1.82, 2.24) is 0 Å². The van der Waals surface area contributed by atoms with E-state index in [4.69, 9.17) is 4.74 Å². The molecule has 2 aromatic carbocycles. The molecule has 2 aromatic rings. The van der Waals surface area contributed by atoms with E-state index in [1.807, 2.05) is 30.3 Å². The Labute approximate surface area is 118 Å². The maximum atomic E-state index is 11.5. The molecule has 3 heteroatoms. The van der Waals surface area contributed by atoms with Crippen LogP contribution in [0.4, 0.5) is 0 Å². The summed E-state index contributed by atoms with van der Waals surface area (Å²) in [7, 11) is 0. The van der Waals surface area contributed by atoms with Gasteiger partial charge in [-0.05, 0) is 37.1 Å². The second-order valence-electron chi connectivity index (χ2n) is 4.55. The van der Waals surface area contributed by atoms with Gasteiger partial charge in [0.25, 0.3) is 0 Å². The third-order valence-electron chi connectivity index (χ3n) is 3.16. The normalized spacial score (nSPS) is 9.85. The Morgan fingerprint density at radius 1 is 1.20 bits per heavy atom. The van der Waals surface area contributed by atoms with Gasteiger partial charge in [-0.1, -0.05) is 30.3 Å². The Morgan fingerprint density at radius 2 is 1.90 bits per heavy atom. The monoisotopic (exact) mass is 265 g/mol. The summed E-state index contributed by atoms with van der Waals surface area (Å²) in [6, 6.07) is 15.3. The fourth-order valence-corrected chi connectivity index (χ4v) is 2.06. The molecule has 0 aromatic heterocycles. The Morgan fingerprint density at radius 3 is 2.50 bits per heavy atom. The molecule has 0 heterocycles. The van der Waals surface area contributed by atoms with Crippen LogP contribution in [0.5, 0.6) is 5.75 Å². The molecular weight excluding hydrogens is 250 g/mol. The van der Waals surface area contributed by atoms with Gasteiger partial charge in [0, 0.05) is 5.56 Å². The number of carbonyl (C=O) groups excluding carboxylic acids is 1. The van der Waals surface area contributed by atoms with Crippen molar-refractivity contribution >= 4 is 5.78 Å². The SMILES string of the molecule is CC(=O)c1ccc(OCc2ccccc2)c(C#N)c1C. The zero-order valence-corrected chi connectivity index (χ0v) is 11.5. The predicted molar refractivity (Wildman–Crippen MR) is 76.7 cm³/mol. The van der Waals surface area contributed by atoms with E-state index in [0.717, 1.165) is 5.56 Å². The van der Waals surface area contributed by atoms with Crippen LogP contribution in [-0.4, -0.2) is 5.78 Å². The third kappa shape index (κ3) is 2.86. The number of Topliss-reactive ketones (excluding diaryl/α,β-unsaturated/α-hetero) is 1. The molecule has 0 radical (unpaired) electrons. The van der Waals surface area contributed by atoms with Crippen LogP contribution in [0.1, 0.15) is 34.0 Å². The van der Waals surface area contributed by atoms with Gasteiger partial charge in [-0.25, -0.2) is 0 Å². The number of ketones is 1. The van der Waals surface area contributed by atoms with Crippen molar-refractivity contribution in [3.05, 3.63) is 64.7 Å². The average molecular weight is 265 g/mol. The van der Waals surface area contributed by atoms with Crippen LogP contribution < -0.4 is 4.74 Å². The van der Waals surface area contributed by atoms with Crippen molar-refractivity contribution in [2.45, 2.75) is 20.5 Å². The molecule has 0 spiro atoms. The summed E-state index contributed by atoms with van der Waals surface area (Å²) in [4.78, 5) is 11.5. The highest BCUT2D eigenvalue weighted by atomic mass is 16.5. The first kappa shape index (κ1) is 13.8. The van der Waals surface area contributed by atoms with Crippen LogP contribution >= 0.6 is 0 Å². The number of hydrogen-bond donors (Lipinski definition) is 0. The lowest BCUT2D eigenvalue weighted by Crippen LogP contribution is -2.03. The van der Waals surface area contributed by atoms with Crippen LogP contribution in [0.15, 0.2) is 42.5 Å². The molecule has 0 aliphatic rings. The molecule has 0 atom stereocenters. The molecule has 0 N–H and O–H groups in total. The molecule has 0 saturated heterocycles. The topological polar surface area (TPSA) is 50.1 Å². The van der Waals surface area contributed by atoms with E-state index >= 15 is 0 Å². The van der Waals surface area contributed by atoms with E-state index < -0.39 is 0 Å². The molecule has 100 valence electrons. The number of nitriles is 1. The summed E-state index contributed by atoms with van der Waals surface area (Å²) in [5.74, 6) is 0.465. The standard InChI is InChI=1S/C17H15NO2/c1-12-15(13(2)19)8-9-17(16(12)10-18)20-11-14-6-4-3-5-7-14/h3-9H,11H2,1-2H3. The first-order valence-corrected chi connectivity index (χ1v) is 6.35. The quantitative estimate of drug-likeness (QED) is 0.793. The summed E-state index contributed by atoms with van der Waals surface area (Å²) in [6.45, 7) is 3.66. The number of hydrogen-bond acceptors (Lipinski definition) is 3. The van der Waals surface area contributed by atoms with Crippen LogP contribution in [0.3, 0.4) is 0 Å². The van der Waals surface area contributed by atoms with Crippen LogP contribution in [-0.2, 0) is 6.61 Å². The summed E-state index contributed by atoms with van der Waals surface area (Å²) in [5.41, 5.74) is 2.69. The molecule has 0 bridgehead atoms. The lowest BCUT2D eigenvalue weighted by molar-refractivity contribution is 0.101. The molecule has 0 amide bonds. The summed E-state index contributed by atoms with van der Waals surface area (Å²) >= 11 is 0. The number of rotatable bonds is 4. The average Bonchev–Trinajstić information content (AvgIpc) is 2.45. The smallest absolute Gasteiger partial charge is 0.160 e. The minimum absolute atomic E-state index is 0.0476. The zero-order chi connectivity index (χ0) is 14.5. The minimum Gasteiger partial charge on any atom is -0.488 e. The maximum Gasteiger partial charge on any atom is 0.160 e. The fraction of sp³-hybridized carbons (Fsp3) is 0.176. The van der Waals surface area contributed by atoms with Crippen molar-refractivity contribution in [2.75, 3.05) is 0 Å². The van der Waals surface area contributed by atoms with Gasteiger partial charge in [0.15, 0.2) is 5.78 Å². The van der Waals surface area contributed by atoms with Crippen LogP contribution in [0.25, 0.3) is 0 Å². The summed E-state index contributed by atoms with van der Waals surface area (Å²) in [5, 5.41) is 9.26. The fourth-order valence-electron chi connectivity index (χ4n) is 2.06. The van der Waals surface area contributed by atoms with Gasteiger partial charge < -0.3 is 4.74 Å². The van der Waals surface area contributed by atoms with Crippen molar-refractivity contribution in [2.24, 2.45) is 0 Å². The van der Waals surface area contributed by atoms with Crippen LogP contribution in [0, 0.1) is 18.3 Å². The first-order valence-electron chi connectivity index (χ1n) is 6.35. The van der Waals surface area contributed by atoms with Crippen molar-refractivity contribution in [3.63, 3.8) is 0 Å². The minimum atomic E-state index is -0.0476. The molecule has 0 aliphatic heterocycles. The Balaban J connectivity index is 2.27. The Bertz CT molecular complexity index is 669. The van der Waals surface area contributed by atoms with Gasteiger partial charge in [-0.2, -0.15) is 5.26 Å². The van der Waals surface area contributed by atoms with Gasteiger partial charge in [-0.15, -0.1) is 0 Å². The van der Waals surface area contributed by atoms with E-state index in [1.165, 1.54) is 6.92 Å². The predicted octanol–water partition coefficient (Wildman–Crippen LogP) is 3.65. The largest absolute Gasteiger partial charge is 0.488 e. The molecular formula is C17H15NO2. The number of ether oxygens (including phenoxy) is 1. The van der Waals surface area contributed by atoms with Gasteiger partial charge in [0.2, 0.25) is 0 Å². The number of benzene rings is 2. The molecule has 20 heavy (non-hydrogen) atoms. The molecule has 2 rings (SSSR count). The Hall–Kier alpha value is -2.60. The van der Waals surface area contributed by atoms with Crippen molar-refractivity contribution in [1.29, 1.82) is 5.26 Å². The second-order valence-corrected chi connectivity index (χ2v) is 4.55. The highest BCUT2D eigenvalue weighted by molar-refractivity contribution is 5.96. The summed E-state index contributed by atoms with van der Waals surface area (Å²) < 4.78 is 5.70. The van der Waals surface area contributed by atoms with Crippen molar-refractivity contribution < 1.29 is 9.53 Å². The lowest BCUT2D eigenvalue weighted by Gasteiger charge is -2.11. The van der Waals surface area contributed by atoms with E-state index in [1.54, 1.807) is 19.1 Å². The van der Waals surface area contributed by atoms with E-state index in [9.17, 15) is 10.1 Å². The second kappa shape index (κ2) is 6.03. The van der Waals surface area contributed by atoms with Gasteiger partial charge in [0.1, 0.15) is 18.4 Å². The van der Waals surface area contributed by atoms with Crippen molar-refractivity contribution in [3.8, 4) is 11.8 Å². The maximum absolute atomic E-state index is 11.5. The lowest BCUT2D eigenvalue weighted by atomic mass is 9.99. The highest BCUT2D eigenvalue weighted by Gasteiger charge is 2.13. The number of carbonyl (C=O) groups is 1. The van der Waals surface area contributed by atoms with E-state index in [-0.39, 0.29) is 5.78 Å². The molecule has 0 saturated carbocycles. The zero-order valence-electron chi connectivity index (χ0n) is 11.5. The van der Waals surface area contributed by atoms with Crippen LogP contribution in [0.2, 0.25) is 0 Å². The van der Waals surface area contributed by atoms with E-state index in [0.29, 0.717) is 29.0 Å². The molecule has 0 aliphatic carbocycles. The van der Waals surface area contributed by atoms with Gasteiger partial charge >= 0.3 is 0 Å².